The number of unbranched alkanes of at least 4 members (excludes halogenated alkanes) is 1. The maximum Gasteiger partial charge on any atom is 0.303 e. The molecular formula is C20H24N2O4. The summed E-state index contributed by atoms with van der Waals surface area (Å²) in [4.78, 5) is 26.8. The molecule has 138 valence electrons. The molecule has 0 spiro atoms. The van der Waals surface area contributed by atoms with Crippen LogP contribution in [0.4, 0.5) is 0 Å². The molecule has 2 rings (SSSR count). The number of carboxylic acid groups (broad SMARTS) is 1. The van der Waals surface area contributed by atoms with Crippen molar-refractivity contribution in [1.29, 1.82) is 0 Å². The zero-order valence-corrected chi connectivity index (χ0v) is 15.1. The first-order valence-corrected chi connectivity index (χ1v) is 8.60. The summed E-state index contributed by atoms with van der Waals surface area (Å²) in [7, 11) is 0. The van der Waals surface area contributed by atoms with Gasteiger partial charge in [0.15, 0.2) is 0 Å². The van der Waals surface area contributed by atoms with Crippen LogP contribution in [0, 0.1) is 13.8 Å². The smallest absolute Gasteiger partial charge is 0.303 e. The van der Waals surface area contributed by atoms with Crippen molar-refractivity contribution >= 4 is 11.9 Å². The van der Waals surface area contributed by atoms with E-state index in [9.17, 15) is 9.59 Å². The van der Waals surface area contributed by atoms with Gasteiger partial charge in [0, 0.05) is 36.5 Å². The van der Waals surface area contributed by atoms with Gasteiger partial charge in [0.25, 0.3) is 5.91 Å². The van der Waals surface area contributed by atoms with E-state index in [2.05, 4.69) is 10.3 Å². The number of aryl methyl sites for hydroxylation is 2. The van der Waals surface area contributed by atoms with E-state index >= 15 is 0 Å². The van der Waals surface area contributed by atoms with Crippen molar-refractivity contribution in [3.8, 4) is 5.75 Å². The number of nitrogens with zero attached hydrogens (tertiary/aromatic N) is 1. The van der Waals surface area contributed by atoms with Crippen molar-refractivity contribution in [3.05, 3.63) is 58.9 Å². The summed E-state index contributed by atoms with van der Waals surface area (Å²) >= 11 is 0. The number of hydrogen-bond donors (Lipinski definition) is 2. The van der Waals surface area contributed by atoms with Crippen LogP contribution in [0.2, 0.25) is 0 Å². The first kappa shape index (κ1) is 19.4. The van der Waals surface area contributed by atoms with Crippen LogP contribution in [0.3, 0.4) is 0 Å². The predicted molar refractivity (Wildman–Crippen MR) is 98.3 cm³/mol. The van der Waals surface area contributed by atoms with Gasteiger partial charge in [0.1, 0.15) is 12.4 Å². The van der Waals surface area contributed by atoms with Gasteiger partial charge in [-0.25, -0.2) is 0 Å². The molecule has 2 N–H and O–H groups in total. The Bertz CT molecular complexity index is 737. The number of aromatic nitrogens is 1. The Hall–Kier alpha value is -2.89. The second kappa shape index (κ2) is 9.56. The number of carboxylic acids is 1. The summed E-state index contributed by atoms with van der Waals surface area (Å²) in [5.41, 5.74) is 3.34. The van der Waals surface area contributed by atoms with Crippen molar-refractivity contribution in [3.63, 3.8) is 0 Å². The van der Waals surface area contributed by atoms with Crippen LogP contribution in [0.5, 0.6) is 5.75 Å². The molecule has 0 radical (unpaired) electrons. The summed E-state index contributed by atoms with van der Waals surface area (Å²) < 4.78 is 5.90. The molecule has 0 bridgehead atoms. The Morgan fingerprint density at radius 1 is 1.19 bits per heavy atom. The quantitative estimate of drug-likeness (QED) is 0.673. The standard InChI is InChI=1S/C20H24N2O4/c1-14-10-17(20(25)22-9-4-3-7-18(23)24)11-15(2)19(14)26-13-16-6-5-8-21-12-16/h5-6,8,10-12H,3-4,7,9,13H2,1-2H3,(H,22,25)(H,23,24). The summed E-state index contributed by atoms with van der Waals surface area (Å²) in [6, 6.07) is 7.42. The van der Waals surface area contributed by atoms with Crippen LogP contribution in [-0.2, 0) is 11.4 Å². The fraction of sp³-hybridized carbons (Fsp3) is 0.350. The third-order valence-corrected chi connectivity index (χ3v) is 3.93. The van der Waals surface area contributed by atoms with Gasteiger partial charge >= 0.3 is 5.97 Å². The van der Waals surface area contributed by atoms with E-state index in [4.69, 9.17) is 9.84 Å². The normalized spacial score (nSPS) is 10.4. The van der Waals surface area contributed by atoms with E-state index in [1.165, 1.54) is 0 Å². The topological polar surface area (TPSA) is 88.5 Å². The second-order valence-electron chi connectivity index (χ2n) is 6.20. The lowest BCUT2D eigenvalue weighted by Crippen LogP contribution is -2.24. The summed E-state index contributed by atoms with van der Waals surface area (Å²) in [5.74, 6) is -0.207. The number of aliphatic carboxylic acids is 1. The van der Waals surface area contributed by atoms with Gasteiger partial charge in [0.05, 0.1) is 0 Å². The largest absolute Gasteiger partial charge is 0.488 e. The minimum Gasteiger partial charge on any atom is -0.488 e. The highest BCUT2D eigenvalue weighted by Crippen LogP contribution is 2.25. The zero-order valence-electron chi connectivity index (χ0n) is 15.1. The summed E-state index contributed by atoms with van der Waals surface area (Å²) in [6.07, 6.45) is 4.79. The minimum atomic E-state index is -0.815. The molecule has 6 nitrogen and oxygen atoms in total. The lowest BCUT2D eigenvalue weighted by atomic mass is 10.0. The Kier molecular flexibility index (Phi) is 7.14. The molecule has 6 heteroatoms. The number of benzene rings is 1. The van der Waals surface area contributed by atoms with Crippen LogP contribution < -0.4 is 10.1 Å². The fourth-order valence-electron chi connectivity index (χ4n) is 2.65. The van der Waals surface area contributed by atoms with Gasteiger partial charge in [-0.3, -0.25) is 14.6 Å². The highest BCUT2D eigenvalue weighted by Gasteiger charge is 2.12. The van der Waals surface area contributed by atoms with Crippen molar-refractivity contribution < 1.29 is 19.4 Å². The van der Waals surface area contributed by atoms with Gasteiger partial charge in [0.2, 0.25) is 0 Å². The molecule has 1 heterocycles. The monoisotopic (exact) mass is 356 g/mol. The van der Waals surface area contributed by atoms with Crippen LogP contribution in [-0.4, -0.2) is 28.5 Å². The van der Waals surface area contributed by atoms with Crippen LogP contribution in [0.25, 0.3) is 0 Å². The van der Waals surface area contributed by atoms with Gasteiger partial charge in [-0.15, -0.1) is 0 Å². The molecule has 0 saturated heterocycles. The molecular weight excluding hydrogens is 332 g/mol. The Balaban J connectivity index is 1.92. The molecule has 2 aromatic rings. The molecule has 1 aromatic carbocycles. The lowest BCUT2D eigenvalue weighted by molar-refractivity contribution is -0.137. The Labute approximate surface area is 153 Å². The first-order chi connectivity index (χ1) is 12.5. The number of amides is 1. The van der Waals surface area contributed by atoms with E-state index in [1.54, 1.807) is 24.5 Å². The number of rotatable bonds is 9. The second-order valence-corrected chi connectivity index (χ2v) is 6.20. The molecule has 0 saturated carbocycles. The first-order valence-electron chi connectivity index (χ1n) is 8.60. The van der Waals surface area contributed by atoms with Crippen LogP contribution >= 0.6 is 0 Å². The van der Waals surface area contributed by atoms with Crippen molar-refractivity contribution in [2.45, 2.75) is 39.7 Å². The lowest BCUT2D eigenvalue weighted by Gasteiger charge is -2.14. The van der Waals surface area contributed by atoms with Gasteiger partial charge in [-0.05, 0) is 56.0 Å². The maximum absolute atomic E-state index is 12.3. The number of carbonyl (C=O) groups excluding carboxylic acids is 1. The third-order valence-electron chi connectivity index (χ3n) is 3.93. The molecule has 26 heavy (non-hydrogen) atoms. The average molecular weight is 356 g/mol. The van der Waals surface area contributed by atoms with E-state index < -0.39 is 5.97 Å². The molecule has 0 fully saturated rings. The number of nitrogens with one attached hydrogen (secondary N) is 1. The number of ether oxygens (including phenoxy) is 1. The van der Waals surface area contributed by atoms with Gasteiger partial charge < -0.3 is 15.2 Å². The third kappa shape index (κ3) is 5.88. The molecule has 0 aliphatic heterocycles. The summed E-state index contributed by atoms with van der Waals surface area (Å²) in [6.45, 7) is 4.71. The van der Waals surface area contributed by atoms with E-state index in [1.807, 2.05) is 26.0 Å². The zero-order chi connectivity index (χ0) is 18.9. The number of hydrogen-bond acceptors (Lipinski definition) is 4. The van der Waals surface area contributed by atoms with E-state index in [0.717, 1.165) is 22.4 Å². The highest BCUT2D eigenvalue weighted by atomic mass is 16.5. The maximum atomic E-state index is 12.3. The van der Waals surface area contributed by atoms with Crippen LogP contribution in [0.15, 0.2) is 36.7 Å². The minimum absolute atomic E-state index is 0.122. The van der Waals surface area contributed by atoms with Crippen molar-refractivity contribution in [2.75, 3.05) is 6.54 Å². The van der Waals surface area contributed by atoms with Crippen molar-refractivity contribution in [1.82, 2.24) is 10.3 Å². The van der Waals surface area contributed by atoms with Gasteiger partial charge in [-0.1, -0.05) is 6.07 Å². The number of carbonyl (C=O) groups is 2. The highest BCUT2D eigenvalue weighted by molar-refractivity contribution is 5.94. The Morgan fingerprint density at radius 2 is 1.92 bits per heavy atom. The Morgan fingerprint density at radius 3 is 2.54 bits per heavy atom. The summed E-state index contributed by atoms with van der Waals surface area (Å²) in [5, 5.41) is 11.4. The van der Waals surface area contributed by atoms with Gasteiger partial charge in [-0.2, -0.15) is 0 Å². The SMILES string of the molecule is Cc1cc(C(=O)NCCCCC(=O)O)cc(C)c1OCc1cccnc1. The molecule has 0 aliphatic carbocycles. The fourth-order valence-corrected chi connectivity index (χ4v) is 2.65. The molecule has 0 aliphatic rings. The molecule has 1 aromatic heterocycles. The predicted octanol–water partition coefficient (Wildman–Crippen LogP) is 3.26. The molecule has 1 amide bonds. The average Bonchev–Trinajstić information content (AvgIpc) is 2.61. The molecule has 0 unspecified atom stereocenters. The van der Waals surface area contributed by atoms with E-state index in [-0.39, 0.29) is 12.3 Å². The molecule has 0 atom stereocenters. The van der Waals surface area contributed by atoms with Crippen LogP contribution in [0.1, 0.15) is 46.3 Å². The van der Waals surface area contributed by atoms with Crippen molar-refractivity contribution in [2.24, 2.45) is 0 Å². The number of pyridine rings is 1. The van der Waals surface area contributed by atoms with E-state index in [0.29, 0.717) is 31.6 Å².